The highest BCUT2D eigenvalue weighted by Gasteiger charge is 1.98. The first kappa shape index (κ1) is 9.74. The zero-order valence-electron chi connectivity index (χ0n) is 7.68. The first-order chi connectivity index (χ1) is 6.90. The Morgan fingerprint density at radius 1 is 1.36 bits per heavy atom. The van der Waals surface area contributed by atoms with Gasteiger partial charge in [-0.05, 0) is 30.4 Å². The van der Waals surface area contributed by atoms with Crippen LogP contribution < -0.4 is 0 Å². The number of benzene rings is 1. The number of aromatic nitrogens is 1. The molecule has 0 atom stereocenters. The Hall–Kier alpha value is -0.800. The lowest BCUT2D eigenvalue weighted by atomic mass is 10.3. The van der Waals surface area contributed by atoms with Crippen LogP contribution >= 0.6 is 24.0 Å². The average Bonchev–Trinajstić information content (AvgIpc) is 2.60. The summed E-state index contributed by atoms with van der Waals surface area (Å²) in [4.78, 5) is 4.49. The van der Waals surface area contributed by atoms with E-state index >= 15 is 0 Å². The molecule has 0 spiro atoms. The van der Waals surface area contributed by atoms with E-state index in [1.165, 1.54) is 4.70 Å². The molecule has 0 N–H and O–H groups in total. The van der Waals surface area contributed by atoms with Crippen LogP contribution in [-0.2, 0) is 0 Å². The van der Waals surface area contributed by atoms with E-state index in [1.807, 2.05) is 18.2 Å². The summed E-state index contributed by atoms with van der Waals surface area (Å²) >= 11 is 5.87. The molecular formula is C11H11NS2. The average molecular weight is 221 g/mol. The molecule has 0 aliphatic carbocycles. The van der Waals surface area contributed by atoms with Crippen molar-refractivity contribution >= 4 is 40.3 Å². The van der Waals surface area contributed by atoms with Crippen LogP contribution in [0.3, 0.4) is 0 Å². The minimum Gasteiger partial charge on any atom is -0.237 e. The van der Waals surface area contributed by atoms with Gasteiger partial charge in [-0.15, -0.1) is 11.3 Å². The number of hydrogen-bond donors (Lipinski definition) is 1. The Bertz CT molecular complexity index is 412. The van der Waals surface area contributed by atoms with E-state index in [2.05, 4.69) is 35.8 Å². The van der Waals surface area contributed by atoms with E-state index in [4.69, 9.17) is 0 Å². The van der Waals surface area contributed by atoms with Gasteiger partial charge in [-0.1, -0.05) is 18.2 Å². The van der Waals surface area contributed by atoms with Gasteiger partial charge in [0, 0.05) is 0 Å². The molecule has 0 fully saturated rings. The highest BCUT2D eigenvalue weighted by molar-refractivity contribution is 7.80. The van der Waals surface area contributed by atoms with Crippen molar-refractivity contribution in [2.45, 2.75) is 6.42 Å². The Morgan fingerprint density at radius 2 is 2.21 bits per heavy atom. The first-order valence-electron chi connectivity index (χ1n) is 4.53. The van der Waals surface area contributed by atoms with Gasteiger partial charge in [0.05, 0.1) is 10.2 Å². The molecular weight excluding hydrogens is 210 g/mol. The summed E-state index contributed by atoms with van der Waals surface area (Å²) in [5.41, 5.74) is 1.09. The van der Waals surface area contributed by atoms with E-state index in [-0.39, 0.29) is 0 Å². The summed E-state index contributed by atoms with van der Waals surface area (Å²) in [6.07, 6.45) is 5.19. The van der Waals surface area contributed by atoms with Crippen LogP contribution in [0.15, 0.2) is 30.3 Å². The Kier molecular flexibility index (Phi) is 3.22. The minimum atomic E-state index is 0.890. The SMILES string of the molecule is SCCC=Cc1nc2ccccc2s1. The molecule has 0 unspecified atom stereocenters. The van der Waals surface area contributed by atoms with Gasteiger partial charge in [-0.2, -0.15) is 12.6 Å². The third kappa shape index (κ3) is 2.16. The lowest BCUT2D eigenvalue weighted by Crippen LogP contribution is -1.69. The molecule has 0 aliphatic rings. The number of rotatable bonds is 3. The third-order valence-electron chi connectivity index (χ3n) is 1.87. The van der Waals surface area contributed by atoms with Crippen LogP contribution in [0.25, 0.3) is 16.3 Å². The highest BCUT2D eigenvalue weighted by atomic mass is 32.1. The van der Waals surface area contributed by atoms with Crippen molar-refractivity contribution in [3.05, 3.63) is 35.3 Å². The van der Waals surface area contributed by atoms with Crippen LogP contribution in [0.5, 0.6) is 0 Å². The van der Waals surface area contributed by atoms with Crippen molar-refractivity contribution in [2.75, 3.05) is 5.75 Å². The van der Waals surface area contributed by atoms with E-state index in [0.717, 1.165) is 22.7 Å². The number of allylic oxidation sites excluding steroid dienone is 1. The second-order valence-electron chi connectivity index (χ2n) is 2.93. The van der Waals surface area contributed by atoms with Crippen molar-refractivity contribution in [1.82, 2.24) is 4.98 Å². The van der Waals surface area contributed by atoms with Crippen molar-refractivity contribution < 1.29 is 0 Å². The largest absolute Gasteiger partial charge is 0.237 e. The van der Waals surface area contributed by atoms with Gasteiger partial charge in [0.2, 0.25) is 0 Å². The molecule has 1 nitrogen and oxygen atoms in total. The fourth-order valence-corrected chi connectivity index (χ4v) is 2.27. The van der Waals surface area contributed by atoms with Crippen molar-refractivity contribution in [1.29, 1.82) is 0 Å². The molecule has 1 aromatic carbocycles. The molecule has 0 amide bonds. The van der Waals surface area contributed by atoms with E-state index in [9.17, 15) is 0 Å². The van der Waals surface area contributed by atoms with Crippen LogP contribution in [0.2, 0.25) is 0 Å². The maximum absolute atomic E-state index is 4.49. The molecule has 2 rings (SSSR count). The van der Waals surface area contributed by atoms with E-state index in [0.29, 0.717) is 0 Å². The molecule has 0 saturated carbocycles. The molecule has 0 aliphatic heterocycles. The standard InChI is InChI=1S/C11H11NS2/c13-8-4-3-7-11-12-9-5-1-2-6-10(9)14-11/h1-3,5-7,13H,4,8H2. The summed E-state index contributed by atoms with van der Waals surface area (Å²) < 4.78 is 1.25. The maximum Gasteiger partial charge on any atom is 0.117 e. The van der Waals surface area contributed by atoms with Crippen molar-refractivity contribution in [2.24, 2.45) is 0 Å². The summed E-state index contributed by atoms with van der Waals surface area (Å²) in [6, 6.07) is 8.20. The molecule has 2 aromatic rings. The molecule has 1 aromatic heterocycles. The topological polar surface area (TPSA) is 12.9 Å². The van der Waals surface area contributed by atoms with Gasteiger partial charge < -0.3 is 0 Å². The van der Waals surface area contributed by atoms with Crippen molar-refractivity contribution in [3.8, 4) is 0 Å². The Morgan fingerprint density at radius 3 is 3.00 bits per heavy atom. The van der Waals surface area contributed by atoms with Crippen LogP contribution in [-0.4, -0.2) is 10.7 Å². The zero-order chi connectivity index (χ0) is 9.80. The normalized spacial score (nSPS) is 11.5. The molecule has 0 bridgehead atoms. The van der Waals surface area contributed by atoms with Gasteiger partial charge in [0.25, 0.3) is 0 Å². The third-order valence-corrected chi connectivity index (χ3v) is 3.13. The summed E-state index contributed by atoms with van der Waals surface area (Å²) in [7, 11) is 0. The summed E-state index contributed by atoms with van der Waals surface area (Å²) in [5, 5.41) is 1.08. The number of para-hydroxylation sites is 1. The van der Waals surface area contributed by atoms with Crippen LogP contribution in [0, 0.1) is 0 Å². The number of nitrogens with zero attached hydrogens (tertiary/aromatic N) is 1. The number of thiazole rings is 1. The fraction of sp³-hybridized carbons (Fsp3) is 0.182. The second kappa shape index (κ2) is 4.62. The van der Waals surface area contributed by atoms with Gasteiger partial charge in [-0.25, -0.2) is 4.98 Å². The lowest BCUT2D eigenvalue weighted by molar-refractivity contribution is 1.26. The predicted octanol–water partition coefficient (Wildman–Crippen LogP) is 3.63. The molecule has 72 valence electrons. The van der Waals surface area contributed by atoms with Gasteiger partial charge >= 0.3 is 0 Å². The first-order valence-corrected chi connectivity index (χ1v) is 5.98. The van der Waals surface area contributed by atoms with Crippen LogP contribution in [0.4, 0.5) is 0 Å². The quantitative estimate of drug-likeness (QED) is 0.781. The number of fused-ring (bicyclic) bond motifs is 1. The lowest BCUT2D eigenvalue weighted by Gasteiger charge is -1.82. The summed E-state index contributed by atoms with van der Waals surface area (Å²) in [6.45, 7) is 0. The smallest absolute Gasteiger partial charge is 0.117 e. The monoisotopic (exact) mass is 221 g/mol. The highest BCUT2D eigenvalue weighted by Crippen LogP contribution is 2.22. The zero-order valence-corrected chi connectivity index (χ0v) is 9.39. The minimum absolute atomic E-state index is 0.890. The number of hydrogen-bond acceptors (Lipinski definition) is 3. The summed E-state index contributed by atoms with van der Waals surface area (Å²) in [5.74, 6) is 0.890. The Labute approximate surface area is 92.9 Å². The fourth-order valence-electron chi connectivity index (χ4n) is 1.22. The predicted molar refractivity (Wildman–Crippen MR) is 67.1 cm³/mol. The van der Waals surface area contributed by atoms with Crippen molar-refractivity contribution in [3.63, 3.8) is 0 Å². The molecule has 0 radical (unpaired) electrons. The van der Waals surface area contributed by atoms with Gasteiger partial charge in [-0.3, -0.25) is 0 Å². The second-order valence-corrected chi connectivity index (χ2v) is 4.44. The molecule has 3 heteroatoms. The van der Waals surface area contributed by atoms with E-state index in [1.54, 1.807) is 11.3 Å². The molecule has 1 heterocycles. The number of thiol groups is 1. The molecule has 14 heavy (non-hydrogen) atoms. The molecule has 0 saturated heterocycles. The van der Waals surface area contributed by atoms with E-state index < -0.39 is 0 Å². The van der Waals surface area contributed by atoms with Gasteiger partial charge in [0.1, 0.15) is 5.01 Å². The Balaban J connectivity index is 2.27. The maximum atomic E-state index is 4.49. The van der Waals surface area contributed by atoms with Gasteiger partial charge in [0.15, 0.2) is 0 Å². The van der Waals surface area contributed by atoms with Crippen LogP contribution in [0.1, 0.15) is 11.4 Å².